The maximum atomic E-state index is 12.5. The highest BCUT2D eigenvalue weighted by Gasteiger charge is 2.13. The Kier molecular flexibility index (Phi) is 6.33. The zero-order chi connectivity index (χ0) is 20.6. The number of hydrogen-bond donors (Lipinski definition) is 1. The lowest BCUT2D eigenvalue weighted by molar-refractivity contribution is 0.0952. The van der Waals surface area contributed by atoms with Gasteiger partial charge in [-0.05, 0) is 29.0 Å². The molecule has 0 aliphatic carbocycles. The fourth-order valence-electron chi connectivity index (χ4n) is 2.86. The van der Waals surface area contributed by atoms with Crippen LogP contribution in [0.3, 0.4) is 0 Å². The highest BCUT2D eigenvalue weighted by atomic mass is 16.5. The number of hydrazone groups is 1. The Bertz CT molecular complexity index is 1100. The van der Waals surface area contributed by atoms with Gasteiger partial charge in [-0.2, -0.15) is 5.10 Å². The average molecular weight is 388 g/mol. The van der Waals surface area contributed by atoms with Crippen molar-refractivity contribution in [2.45, 2.75) is 0 Å². The van der Waals surface area contributed by atoms with Gasteiger partial charge >= 0.3 is 0 Å². The zero-order valence-corrected chi connectivity index (χ0v) is 16.1. The number of carbonyl (C=O) groups is 1. The largest absolute Gasteiger partial charge is 0.497 e. The first-order valence-electron chi connectivity index (χ1n) is 8.81. The molecule has 0 atom stereocenters. The number of methoxy groups -OCH3 is 2. The number of amides is 1. The van der Waals surface area contributed by atoms with Crippen molar-refractivity contribution < 1.29 is 19.0 Å². The van der Waals surface area contributed by atoms with Gasteiger partial charge in [-0.25, -0.2) is 5.43 Å². The van der Waals surface area contributed by atoms with Gasteiger partial charge in [0, 0.05) is 11.6 Å². The Balaban J connectivity index is 1.87. The van der Waals surface area contributed by atoms with Gasteiger partial charge in [-0.1, -0.05) is 36.3 Å². The predicted octanol–water partition coefficient (Wildman–Crippen LogP) is 3.63. The molecule has 0 aromatic heterocycles. The molecule has 146 valence electrons. The molecule has 6 heteroatoms. The minimum atomic E-state index is -0.410. The van der Waals surface area contributed by atoms with E-state index in [-0.39, 0.29) is 6.61 Å². The fraction of sp³-hybridized carbons (Fsp3) is 0.130. The van der Waals surface area contributed by atoms with E-state index in [0.29, 0.717) is 22.8 Å². The molecule has 6 nitrogen and oxygen atoms in total. The molecule has 0 unspecified atom stereocenters. The van der Waals surface area contributed by atoms with E-state index in [1.807, 2.05) is 36.4 Å². The molecule has 0 fully saturated rings. The van der Waals surface area contributed by atoms with Crippen molar-refractivity contribution in [3.05, 3.63) is 65.7 Å². The molecule has 0 bridgehead atoms. The zero-order valence-electron chi connectivity index (χ0n) is 16.1. The molecule has 3 rings (SSSR count). The minimum absolute atomic E-state index is 0.134. The molecule has 0 saturated carbocycles. The van der Waals surface area contributed by atoms with E-state index in [0.717, 1.165) is 16.3 Å². The van der Waals surface area contributed by atoms with Crippen LogP contribution in [0.1, 0.15) is 15.9 Å². The molecule has 0 spiro atoms. The molecule has 3 aromatic carbocycles. The molecule has 1 N–H and O–H groups in total. The molecule has 0 aliphatic heterocycles. The summed E-state index contributed by atoms with van der Waals surface area (Å²) < 4.78 is 16.0. The number of ether oxygens (including phenoxy) is 3. The van der Waals surface area contributed by atoms with Gasteiger partial charge in [0.25, 0.3) is 5.91 Å². The van der Waals surface area contributed by atoms with E-state index in [1.165, 1.54) is 7.11 Å². The van der Waals surface area contributed by atoms with Crippen LogP contribution in [0.5, 0.6) is 17.2 Å². The Labute approximate surface area is 169 Å². The number of carbonyl (C=O) groups excluding carboxylic acids is 1. The summed E-state index contributed by atoms with van der Waals surface area (Å²) in [6.45, 7) is 0.134. The Hall–Kier alpha value is -3.98. The van der Waals surface area contributed by atoms with Crippen molar-refractivity contribution in [1.82, 2.24) is 5.43 Å². The SMILES string of the molecule is C#CCOc1ccc2ccccc2c1/C=N\NC(=O)c1ccc(OC)cc1OC. The predicted molar refractivity (Wildman–Crippen MR) is 113 cm³/mol. The first-order chi connectivity index (χ1) is 14.2. The van der Waals surface area contributed by atoms with Crippen molar-refractivity contribution in [2.24, 2.45) is 5.10 Å². The second-order valence-electron chi connectivity index (χ2n) is 5.96. The van der Waals surface area contributed by atoms with Crippen molar-refractivity contribution in [1.29, 1.82) is 0 Å². The van der Waals surface area contributed by atoms with E-state index in [9.17, 15) is 4.79 Å². The third kappa shape index (κ3) is 4.47. The molecule has 1 amide bonds. The summed E-state index contributed by atoms with van der Waals surface area (Å²) in [5, 5.41) is 6.06. The van der Waals surface area contributed by atoms with Gasteiger partial charge in [-0.3, -0.25) is 4.79 Å². The number of hydrogen-bond acceptors (Lipinski definition) is 5. The quantitative estimate of drug-likeness (QED) is 0.381. The lowest BCUT2D eigenvalue weighted by atomic mass is 10.0. The van der Waals surface area contributed by atoms with Crippen molar-refractivity contribution >= 4 is 22.9 Å². The van der Waals surface area contributed by atoms with Gasteiger partial charge < -0.3 is 14.2 Å². The molecule has 3 aromatic rings. The van der Waals surface area contributed by atoms with Gasteiger partial charge in [0.2, 0.25) is 0 Å². The van der Waals surface area contributed by atoms with E-state index in [1.54, 1.807) is 31.5 Å². The first kappa shape index (κ1) is 19.8. The van der Waals surface area contributed by atoms with Crippen LogP contribution in [0.25, 0.3) is 10.8 Å². The summed E-state index contributed by atoms with van der Waals surface area (Å²) >= 11 is 0. The van der Waals surface area contributed by atoms with Crippen LogP contribution < -0.4 is 19.6 Å². The lowest BCUT2D eigenvalue weighted by Gasteiger charge is -2.10. The van der Waals surface area contributed by atoms with Crippen molar-refractivity contribution in [3.63, 3.8) is 0 Å². The standard InChI is InChI=1S/C23H20N2O4/c1-4-13-29-21-12-9-16-7-5-6-8-18(16)20(21)15-24-25-23(26)19-11-10-17(27-2)14-22(19)28-3/h1,5-12,14-15H,13H2,2-3H3,(H,25,26)/b24-15-. The van der Waals surface area contributed by atoms with Crippen LogP contribution in [0, 0.1) is 12.3 Å². The highest BCUT2D eigenvalue weighted by Crippen LogP contribution is 2.27. The Morgan fingerprint density at radius 2 is 1.93 bits per heavy atom. The number of nitrogens with one attached hydrogen (secondary N) is 1. The molecule has 0 aliphatic rings. The van der Waals surface area contributed by atoms with E-state index < -0.39 is 5.91 Å². The van der Waals surface area contributed by atoms with Gasteiger partial charge in [0.1, 0.15) is 23.9 Å². The van der Waals surface area contributed by atoms with Crippen LogP contribution in [-0.2, 0) is 0 Å². The number of nitrogens with zero attached hydrogens (tertiary/aromatic N) is 1. The second-order valence-corrected chi connectivity index (χ2v) is 5.96. The molecular formula is C23H20N2O4. The third-order valence-corrected chi connectivity index (χ3v) is 4.25. The summed E-state index contributed by atoms with van der Waals surface area (Å²) in [6, 6.07) is 16.5. The third-order valence-electron chi connectivity index (χ3n) is 4.25. The van der Waals surface area contributed by atoms with Gasteiger partial charge in [-0.15, -0.1) is 6.42 Å². The molecule has 0 heterocycles. The highest BCUT2D eigenvalue weighted by molar-refractivity contribution is 6.03. The van der Waals surface area contributed by atoms with Crippen LogP contribution in [0.2, 0.25) is 0 Å². The number of terminal acetylenes is 1. The minimum Gasteiger partial charge on any atom is -0.497 e. The summed E-state index contributed by atoms with van der Waals surface area (Å²) in [7, 11) is 3.03. The van der Waals surface area contributed by atoms with Gasteiger partial charge in [0.05, 0.1) is 26.0 Å². The van der Waals surface area contributed by atoms with Crippen molar-refractivity contribution in [3.8, 4) is 29.6 Å². The Morgan fingerprint density at radius 3 is 2.69 bits per heavy atom. The normalized spacial score (nSPS) is 10.5. The Morgan fingerprint density at radius 1 is 1.10 bits per heavy atom. The number of fused-ring (bicyclic) bond motifs is 1. The maximum absolute atomic E-state index is 12.5. The summed E-state index contributed by atoms with van der Waals surface area (Å²) in [5.41, 5.74) is 3.58. The van der Waals surface area contributed by atoms with Crippen LogP contribution in [0.4, 0.5) is 0 Å². The number of rotatable bonds is 7. The second kappa shape index (κ2) is 9.29. The first-order valence-corrected chi connectivity index (χ1v) is 8.81. The van der Waals surface area contributed by atoms with Gasteiger partial charge in [0.15, 0.2) is 0 Å². The molecular weight excluding hydrogens is 368 g/mol. The smallest absolute Gasteiger partial charge is 0.275 e. The van der Waals surface area contributed by atoms with E-state index in [4.69, 9.17) is 20.6 Å². The molecule has 0 radical (unpaired) electrons. The van der Waals surface area contributed by atoms with Crippen LogP contribution >= 0.6 is 0 Å². The summed E-state index contributed by atoms with van der Waals surface area (Å²) in [6.07, 6.45) is 6.85. The van der Waals surface area contributed by atoms with E-state index in [2.05, 4.69) is 16.4 Å². The lowest BCUT2D eigenvalue weighted by Crippen LogP contribution is -2.18. The van der Waals surface area contributed by atoms with E-state index >= 15 is 0 Å². The average Bonchev–Trinajstić information content (AvgIpc) is 2.77. The maximum Gasteiger partial charge on any atom is 0.275 e. The fourth-order valence-corrected chi connectivity index (χ4v) is 2.86. The number of benzene rings is 3. The summed E-state index contributed by atoms with van der Waals surface area (Å²) in [5.74, 6) is 3.60. The van der Waals surface area contributed by atoms with Crippen LogP contribution in [-0.4, -0.2) is 32.9 Å². The van der Waals surface area contributed by atoms with Crippen LogP contribution in [0.15, 0.2) is 59.7 Å². The monoisotopic (exact) mass is 388 g/mol. The molecule has 29 heavy (non-hydrogen) atoms. The topological polar surface area (TPSA) is 69.2 Å². The molecule has 0 saturated heterocycles. The summed E-state index contributed by atoms with van der Waals surface area (Å²) in [4.78, 5) is 12.5. The van der Waals surface area contributed by atoms with Crippen molar-refractivity contribution in [2.75, 3.05) is 20.8 Å².